The Bertz CT molecular complexity index is 969. The summed E-state index contributed by atoms with van der Waals surface area (Å²) in [4.78, 5) is -0.0666. The van der Waals surface area contributed by atoms with Crippen molar-refractivity contribution in [3.8, 4) is 5.75 Å². The van der Waals surface area contributed by atoms with Crippen LogP contribution in [0.25, 0.3) is 0 Å². The zero-order chi connectivity index (χ0) is 19.9. The first kappa shape index (κ1) is 20.5. The van der Waals surface area contributed by atoms with Gasteiger partial charge in [-0.15, -0.1) is 0 Å². The van der Waals surface area contributed by atoms with Crippen LogP contribution in [-0.4, -0.2) is 20.1 Å². The molecule has 0 aromatic heterocycles. The molecule has 0 heterocycles. The van der Waals surface area contributed by atoms with Crippen LogP contribution in [0.5, 0.6) is 5.75 Å². The van der Waals surface area contributed by atoms with Gasteiger partial charge in [-0.2, -0.15) is 8.42 Å². The second-order valence-electron chi connectivity index (χ2n) is 5.96. The fourth-order valence-corrected chi connectivity index (χ4v) is 2.78. The van der Waals surface area contributed by atoms with E-state index < -0.39 is 10.1 Å². The molecule has 6 heteroatoms. The van der Waals surface area contributed by atoms with Crippen LogP contribution in [0, 0.1) is 13.8 Å². The summed E-state index contributed by atoms with van der Waals surface area (Å²) in [6.45, 7) is 3.87. The van der Waals surface area contributed by atoms with Gasteiger partial charge in [0.2, 0.25) is 0 Å². The summed E-state index contributed by atoms with van der Waals surface area (Å²) in [5.41, 5.74) is 4.21. The minimum atomic E-state index is -4.02. The monoisotopic (exact) mass is 385 g/mol. The van der Waals surface area contributed by atoms with E-state index in [2.05, 4.69) is 5.32 Å². The van der Waals surface area contributed by atoms with E-state index in [4.69, 9.17) is 9.29 Å². The Balaban J connectivity index is 0.000000208. The van der Waals surface area contributed by atoms with Crippen LogP contribution in [0.2, 0.25) is 0 Å². The number of anilines is 2. The van der Waals surface area contributed by atoms with Crippen molar-refractivity contribution in [2.45, 2.75) is 18.7 Å². The van der Waals surface area contributed by atoms with E-state index in [-0.39, 0.29) is 4.90 Å². The summed E-state index contributed by atoms with van der Waals surface area (Å²) in [5, 5.41) is 3.33. The standard InChI is InChI=1S/C14H15NO.C7H8O3S/c1-11-8-9-13(10-14(11)16-2)15-12-6-4-3-5-7-12;1-6-2-4-7(5-3-6)11(8,9)10/h3-10,15H,1-2H3;2-5H,1H3,(H,8,9,10). The molecular formula is C21H23NO4S. The van der Waals surface area contributed by atoms with Crippen molar-refractivity contribution in [3.63, 3.8) is 0 Å². The third kappa shape index (κ3) is 6.44. The molecule has 0 aliphatic heterocycles. The number of ether oxygens (including phenoxy) is 1. The minimum Gasteiger partial charge on any atom is -0.496 e. The molecule has 0 aliphatic rings. The summed E-state index contributed by atoms with van der Waals surface area (Å²) in [6.07, 6.45) is 0. The van der Waals surface area contributed by atoms with Crippen LogP contribution in [0.3, 0.4) is 0 Å². The summed E-state index contributed by atoms with van der Waals surface area (Å²) in [6, 6.07) is 22.2. The molecule has 0 saturated heterocycles. The third-order valence-electron chi connectivity index (χ3n) is 3.79. The van der Waals surface area contributed by atoms with Crippen LogP contribution < -0.4 is 10.1 Å². The zero-order valence-corrected chi connectivity index (χ0v) is 16.3. The van der Waals surface area contributed by atoms with Crippen molar-refractivity contribution in [2.24, 2.45) is 0 Å². The van der Waals surface area contributed by atoms with Gasteiger partial charge in [0.1, 0.15) is 5.75 Å². The topological polar surface area (TPSA) is 75.6 Å². The van der Waals surface area contributed by atoms with Crippen molar-refractivity contribution < 1.29 is 17.7 Å². The van der Waals surface area contributed by atoms with Crippen LogP contribution in [0.15, 0.2) is 77.7 Å². The Morgan fingerprint density at radius 1 is 0.852 bits per heavy atom. The Hall–Kier alpha value is -2.83. The van der Waals surface area contributed by atoms with Crippen molar-refractivity contribution in [1.29, 1.82) is 0 Å². The van der Waals surface area contributed by atoms with Gasteiger partial charge >= 0.3 is 0 Å². The van der Waals surface area contributed by atoms with Gasteiger partial charge in [-0.1, -0.05) is 42.0 Å². The third-order valence-corrected chi connectivity index (χ3v) is 4.66. The number of rotatable bonds is 4. The molecule has 3 aromatic carbocycles. The summed E-state index contributed by atoms with van der Waals surface area (Å²) in [7, 11) is -2.33. The Morgan fingerprint density at radius 2 is 1.48 bits per heavy atom. The van der Waals surface area contributed by atoms with Crippen LogP contribution in [0.1, 0.15) is 11.1 Å². The molecule has 5 nitrogen and oxygen atoms in total. The smallest absolute Gasteiger partial charge is 0.294 e. The highest BCUT2D eigenvalue weighted by atomic mass is 32.2. The maximum atomic E-state index is 10.5. The number of nitrogens with one attached hydrogen (secondary N) is 1. The predicted octanol–water partition coefficient (Wildman–Crippen LogP) is 4.99. The quantitative estimate of drug-likeness (QED) is 0.619. The van der Waals surface area contributed by atoms with Gasteiger partial charge in [-0.3, -0.25) is 4.55 Å². The van der Waals surface area contributed by atoms with Crippen molar-refractivity contribution in [1.82, 2.24) is 0 Å². The highest BCUT2D eigenvalue weighted by Gasteiger charge is 2.06. The second kappa shape index (κ2) is 9.21. The molecule has 3 aromatic rings. The van der Waals surface area contributed by atoms with E-state index in [1.807, 2.05) is 62.4 Å². The normalized spacial score (nSPS) is 10.5. The van der Waals surface area contributed by atoms with Crippen molar-refractivity contribution in [3.05, 3.63) is 83.9 Å². The van der Waals surface area contributed by atoms with E-state index in [1.54, 1.807) is 19.2 Å². The number of benzene rings is 3. The van der Waals surface area contributed by atoms with Gasteiger partial charge in [0, 0.05) is 17.4 Å². The Labute approximate surface area is 160 Å². The lowest BCUT2D eigenvalue weighted by Gasteiger charge is -2.09. The molecule has 0 saturated carbocycles. The molecule has 0 fully saturated rings. The largest absolute Gasteiger partial charge is 0.496 e. The van der Waals surface area contributed by atoms with Crippen LogP contribution >= 0.6 is 0 Å². The van der Waals surface area contributed by atoms with E-state index in [0.717, 1.165) is 28.3 Å². The first-order chi connectivity index (χ1) is 12.8. The van der Waals surface area contributed by atoms with Crippen LogP contribution in [0.4, 0.5) is 11.4 Å². The van der Waals surface area contributed by atoms with Crippen molar-refractivity contribution >= 4 is 21.5 Å². The Kier molecular flexibility index (Phi) is 6.98. The minimum absolute atomic E-state index is 0.0666. The molecule has 0 amide bonds. The highest BCUT2D eigenvalue weighted by molar-refractivity contribution is 7.85. The number of methoxy groups -OCH3 is 1. The summed E-state index contributed by atoms with van der Waals surface area (Å²) >= 11 is 0. The molecule has 2 N–H and O–H groups in total. The van der Waals surface area contributed by atoms with E-state index in [0.29, 0.717) is 0 Å². The molecule has 0 atom stereocenters. The summed E-state index contributed by atoms with van der Waals surface area (Å²) < 4.78 is 34.8. The predicted molar refractivity (Wildman–Crippen MR) is 108 cm³/mol. The molecule has 0 radical (unpaired) electrons. The molecule has 3 rings (SSSR count). The molecule has 0 spiro atoms. The van der Waals surface area contributed by atoms with Gasteiger partial charge in [0.25, 0.3) is 10.1 Å². The van der Waals surface area contributed by atoms with Gasteiger partial charge in [0.05, 0.1) is 12.0 Å². The van der Waals surface area contributed by atoms with Gasteiger partial charge in [-0.25, -0.2) is 0 Å². The first-order valence-corrected chi connectivity index (χ1v) is 9.74. The lowest BCUT2D eigenvalue weighted by molar-refractivity contribution is 0.412. The Morgan fingerprint density at radius 3 is 2.04 bits per heavy atom. The molecule has 0 aliphatic carbocycles. The lowest BCUT2D eigenvalue weighted by atomic mass is 10.2. The maximum absolute atomic E-state index is 10.5. The SMILES string of the molecule is COc1cc(Nc2ccccc2)ccc1C.Cc1ccc(S(=O)(=O)O)cc1. The van der Waals surface area contributed by atoms with E-state index >= 15 is 0 Å². The fourth-order valence-electron chi connectivity index (χ4n) is 2.30. The number of hydrogen-bond donors (Lipinski definition) is 2. The van der Waals surface area contributed by atoms with E-state index in [9.17, 15) is 8.42 Å². The first-order valence-electron chi connectivity index (χ1n) is 8.30. The van der Waals surface area contributed by atoms with Gasteiger partial charge in [-0.05, 0) is 49.7 Å². The molecule has 27 heavy (non-hydrogen) atoms. The highest BCUT2D eigenvalue weighted by Crippen LogP contribution is 2.24. The molecule has 0 unspecified atom stereocenters. The number of hydrogen-bond acceptors (Lipinski definition) is 4. The van der Waals surface area contributed by atoms with Crippen LogP contribution in [-0.2, 0) is 10.1 Å². The summed E-state index contributed by atoms with van der Waals surface area (Å²) in [5.74, 6) is 0.904. The zero-order valence-electron chi connectivity index (χ0n) is 15.5. The van der Waals surface area contributed by atoms with Gasteiger partial charge in [0.15, 0.2) is 0 Å². The van der Waals surface area contributed by atoms with E-state index in [1.165, 1.54) is 12.1 Å². The average molecular weight is 385 g/mol. The van der Waals surface area contributed by atoms with Gasteiger partial charge < -0.3 is 10.1 Å². The fraction of sp³-hybridized carbons (Fsp3) is 0.143. The average Bonchev–Trinajstić information content (AvgIpc) is 2.64. The number of aryl methyl sites for hydroxylation is 2. The number of para-hydroxylation sites is 1. The van der Waals surface area contributed by atoms with Crippen molar-refractivity contribution in [2.75, 3.05) is 12.4 Å². The molecule has 0 bridgehead atoms. The maximum Gasteiger partial charge on any atom is 0.294 e. The molecular weight excluding hydrogens is 362 g/mol. The lowest BCUT2D eigenvalue weighted by Crippen LogP contribution is -1.96. The molecule has 142 valence electrons. The second-order valence-corrected chi connectivity index (χ2v) is 7.39.